The summed E-state index contributed by atoms with van der Waals surface area (Å²) < 4.78 is 21.4. The minimum Gasteiger partial charge on any atom is -0.513 e. The molecule has 0 aromatic rings. The van der Waals surface area contributed by atoms with E-state index in [0.717, 1.165) is 19.4 Å². The number of aliphatic hydroxyl groups excluding tert-OH is 1. The van der Waals surface area contributed by atoms with Gasteiger partial charge in [-0.1, -0.05) is 13.3 Å². The van der Waals surface area contributed by atoms with Gasteiger partial charge < -0.3 is 24.1 Å². The first-order chi connectivity index (χ1) is 9.81. The summed E-state index contributed by atoms with van der Waals surface area (Å²) in [6.45, 7) is 8.78. The van der Waals surface area contributed by atoms with E-state index in [1.807, 2.05) is 0 Å². The molecule has 0 heterocycles. The Morgan fingerprint density at radius 1 is 0.800 bits per heavy atom. The van der Waals surface area contributed by atoms with E-state index in [4.69, 9.17) is 18.9 Å². The Hall–Kier alpha value is -0.620. The maximum atomic E-state index is 9.17. The van der Waals surface area contributed by atoms with Gasteiger partial charge in [0.15, 0.2) is 0 Å². The summed E-state index contributed by atoms with van der Waals surface area (Å²) >= 11 is 0. The first-order valence-electron chi connectivity index (χ1n) is 7.46. The minimum absolute atomic E-state index is 0.362. The van der Waals surface area contributed by atoms with Gasteiger partial charge in [-0.25, -0.2) is 0 Å². The fraction of sp³-hybridized carbons (Fsp3) is 0.867. The Kier molecular flexibility index (Phi) is 15.9. The second kappa shape index (κ2) is 16.4. The lowest BCUT2D eigenvalue weighted by Crippen LogP contribution is -2.12. The van der Waals surface area contributed by atoms with Crippen LogP contribution < -0.4 is 0 Å². The van der Waals surface area contributed by atoms with Crippen molar-refractivity contribution in [3.63, 3.8) is 0 Å². The van der Waals surface area contributed by atoms with Crippen molar-refractivity contribution in [3.05, 3.63) is 11.8 Å². The van der Waals surface area contributed by atoms with Gasteiger partial charge in [-0.15, -0.1) is 0 Å². The van der Waals surface area contributed by atoms with Crippen molar-refractivity contribution in [2.45, 2.75) is 33.1 Å². The predicted octanol–water partition coefficient (Wildman–Crippen LogP) is 2.70. The third-order valence-electron chi connectivity index (χ3n) is 2.59. The molecule has 0 amide bonds. The van der Waals surface area contributed by atoms with E-state index in [9.17, 15) is 5.11 Å². The minimum atomic E-state index is 0.362. The SMILES string of the molecule is CC=C(O)CCOCCOCCOCCOCCCC. The van der Waals surface area contributed by atoms with Crippen molar-refractivity contribution in [2.75, 3.05) is 52.9 Å². The molecule has 0 saturated carbocycles. The summed E-state index contributed by atoms with van der Waals surface area (Å²) in [6.07, 6.45) is 4.49. The number of hydrogen-bond acceptors (Lipinski definition) is 5. The molecule has 0 saturated heterocycles. The highest BCUT2D eigenvalue weighted by atomic mass is 16.6. The van der Waals surface area contributed by atoms with Crippen LogP contribution in [0, 0.1) is 0 Å². The Morgan fingerprint density at radius 3 is 1.70 bits per heavy atom. The molecule has 120 valence electrons. The van der Waals surface area contributed by atoms with E-state index >= 15 is 0 Å². The molecule has 20 heavy (non-hydrogen) atoms. The second-order valence-electron chi connectivity index (χ2n) is 4.33. The van der Waals surface area contributed by atoms with Crippen molar-refractivity contribution in [1.29, 1.82) is 0 Å². The molecule has 0 radical (unpaired) electrons. The monoisotopic (exact) mass is 290 g/mol. The zero-order valence-corrected chi connectivity index (χ0v) is 12.9. The van der Waals surface area contributed by atoms with Crippen molar-refractivity contribution in [1.82, 2.24) is 0 Å². The van der Waals surface area contributed by atoms with Crippen LogP contribution in [0.2, 0.25) is 0 Å². The number of aliphatic hydroxyl groups is 1. The molecular formula is C15H30O5. The van der Waals surface area contributed by atoms with E-state index in [1.165, 1.54) is 0 Å². The zero-order chi connectivity index (χ0) is 14.9. The number of hydrogen-bond donors (Lipinski definition) is 1. The summed E-state index contributed by atoms with van der Waals surface area (Å²) in [5, 5.41) is 9.17. The van der Waals surface area contributed by atoms with Crippen LogP contribution in [0.5, 0.6) is 0 Å². The highest BCUT2D eigenvalue weighted by Gasteiger charge is 1.94. The van der Waals surface area contributed by atoms with Gasteiger partial charge in [0.2, 0.25) is 0 Å². The third-order valence-corrected chi connectivity index (χ3v) is 2.59. The lowest BCUT2D eigenvalue weighted by Gasteiger charge is -2.07. The van der Waals surface area contributed by atoms with E-state index in [-0.39, 0.29) is 0 Å². The largest absolute Gasteiger partial charge is 0.513 e. The standard InChI is InChI=1S/C15H30O5/c1-3-5-7-17-9-11-19-13-14-20-12-10-18-8-6-15(16)4-2/h4,16H,3,5-14H2,1-2H3. The van der Waals surface area contributed by atoms with Crippen LogP contribution in [0.3, 0.4) is 0 Å². The van der Waals surface area contributed by atoms with E-state index in [0.29, 0.717) is 58.4 Å². The van der Waals surface area contributed by atoms with Gasteiger partial charge in [0.25, 0.3) is 0 Å². The van der Waals surface area contributed by atoms with Crippen molar-refractivity contribution in [3.8, 4) is 0 Å². The molecule has 0 bridgehead atoms. The molecule has 5 nitrogen and oxygen atoms in total. The molecule has 0 rings (SSSR count). The normalized spacial score (nSPS) is 12.0. The molecule has 5 heteroatoms. The molecule has 0 aliphatic heterocycles. The Labute approximate surface area is 122 Å². The third kappa shape index (κ3) is 15.4. The van der Waals surface area contributed by atoms with Crippen LogP contribution in [0.25, 0.3) is 0 Å². The number of allylic oxidation sites excluding steroid dienone is 1. The van der Waals surface area contributed by atoms with Gasteiger partial charge >= 0.3 is 0 Å². The summed E-state index contributed by atoms with van der Waals surface area (Å²) in [5.41, 5.74) is 0. The van der Waals surface area contributed by atoms with Crippen LogP contribution in [0.1, 0.15) is 33.1 Å². The lowest BCUT2D eigenvalue weighted by molar-refractivity contribution is -0.00223. The Bertz CT molecular complexity index is 218. The van der Waals surface area contributed by atoms with Crippen molar-refractivity contribution in [2.24, 2.45) is 0 Å². The lowest BCUT2D eigenvalue weighted by atomic mass is 10.3. The van der Waals surface area contributed by atoms with Gasteiger partial charge in [0, 0.05) is 13.0 Å². The topological polar surface area (TPSA) is 57.2 Å². The maximum absolute atomic E-state index is 9.17. The molecule has 0 aliphatic carbocycles. The molecule has 1 N–H and O–H groups in total. The van der Waals surface area contributed by atoms with Gasteiger partial charge in [-0.3, -0.25) is 0 Å². The second-order valence-corrected chi connectivity index (χ2v) is 4.33. The molecule has 0 unspecified atom stereocenters. The molecule has 0 fully saturated rings. The first-order valence-corrected chi connectivity index (χ1v) is 7.46. The molecule has 0 spiro atoms. The highest BCUT2D eigenvalue weighted by molar-refractivity contribution is 4.86. The van der Waals surface area contributed by atoms with E-state index < -0.39 is 0 Å². The number of rotatable bonds is 15. The van der Waals surface area contributed by atoms with Gasteiger partial charge in [0.1, 0.15) is 0 Å². The maximum Gasteiger partial charge on any atom is 0.0903 e. The summed E-state index contributed by atoms with van der Waals surface area (Å²) in [4.78, 5) is 0. The molecule has 0 aliphatic rings. The average Bonchev–Trinajstić information content (AvgIpc) is 2.47. The number of unbranched alkanes of at least 4 members (excludes halogenated alkanes) is 1. The van der Waals surface area contributed by atoms with Crippen molar-refractivity contribution >= 4 is 0 Å². The van der Waals surface area contributed by atoms with Crippen LogP contribution in [0.4, 0.5) is 0 Å². The van der Waals surface area contributed by atoms with Crippen LogP contribution in [0.15, 0.2) is 11.8 Å². The van der Waals surface area contributed by atoms with Crippen LogP contribution >= 0.6 is 0 Å². The summed E-state index contributed by atoms with van der Waals surface area (Å²) in [7, 11) is 0. The quantitative estimate of drug-likeness (QED) is 0.371. The van der Waals surface area contributed by atoms with Gasteiger partial charge in [0.05, 0.1) is 52.0 Å². The van der Waals surface area contributed by atoms with Gasteiger partial charge in [-0.05, 0) is 19.4 Å². The Balaban J connectivity index is 2.99. The van der Waals surface area contributed by atoms with Crippen molar-refractivity contribution < 1.29 is 24.1 Å². The summed E-state index contributed by atoms with van der Waals surface area (Å²) in [5.74, 6) is 0.362. The number of ether oxygens (including phenoxy) is 4. The van der Waals surface area contributed by atoms with Crippen LogP contribution in [-0.4, -0.2) is 58.0 Å². The molecule has 0 aromatic heterocycles. The fourth-order valence-electron chi connectivity index (χ4n) is 1.33. The molecule has 0 aromatic carbocycles. The van der Waals surface area contributed by atoms with Crippen LogP contribution in [-0.2, 0) is 18.9 Å². The van der Waals surface area contributed by atoms with E-state index in [1.54, 1.807) is 13.0 Å². The summed E-state index contributed by atoms with van der Waals surface area (Å²) in [6, 6.07) is 0. The fourth-order valence-corrected chi connectivity index (χ4v) is 1.33. The molecule has 0 atom stereocenters. The predicted molar refractivity (Wildman–Crippen MR) is 79.2 cm³/mol. The molecular weight excluding hydrogens is 260 g/mol. The Morgan fingerprint density at radius 2 is 1.25 bits per heavy atom. The smallest absolute Gasteiger partial charge is 0.0903 e. The average molecular weight is 290 g/mol. The highest BCUT2D eigenvalue weighted by Crippen LogP contribution is 1.95. The van der Waals surface area contributed by atoms with E-state index in [2.05, 4.69) is 6.92 Å². The van der Waals surface area contributed by atoms with Gasteiger partial charge in [-0.2, -0.15) is 0 Å². The first kappa shape index (κ1) is 19.4. The zero-order valence-electron chi connectivity index (χ0n) is 12.9.